The zero-order valence-corrected chi connectivity index (χ0v) is 18.7. The zero-order chi connectivity index (χ0) is 24.1. The predicted octanol–water partition coefficient (Wildman–Crippen LogP) is 4.25. The van der Waals surface area contributed by atoms with Crippen LogP contribution >= 0.6 is 0 Å². The van der Waals surface area contributed by atoms with Gasteiger partial charge < -0.3 is 15.3 Å². The van der Waals surface area contributed by atoms with Crippen molar-refractivity contribution >= 4 is 23.3 Å². The largest absolute Gasteiger partial charge is 0.480 e. The van der Waals surface area contributed by atoms with Gasteiger partial charge >= 0.3 is 5.97 Å². The SMILES string of the molecule is CCC(CC)C(=O)Nc1ccc(N2CCN(Cc3cc(F)cc(F)c3)C(C(=O)O)C2)c(F)c1. The number of carboxylic acids is 1. The van der Waals surface area contributed by atoms with Gasteiger partial charge in [-0.1, -0.05) is 13.8 Å². The van der Waals surface area contributed by atoms with Crippen LogP contribution in [0, 0.1) is 23.4 Å². The fourth-order valence-corrected chi connectivity index (χ4v) is 4.14. The van der Waals surface area contributed by atoms with Crippen molar-refractivity contribution in [3.05, 3.63) is 59.4 Å². The van der Waals surface area contributed by atoms with Crippen molar-refractivity contribution < 1.29 is 27.9 Å². The maximum absolute atomic E-state index is 14.9. The topological polar surface area (TPSA) is 72.9 Å². The summed E-state index contributed by atoms with van der Waals surface area (Å²) in [5.74, 6) is -3.44. The van der Waals surface area contributed by atoms with Crippen LogP contribution in [0.4, 0.5) is 24.5 Å². The highest BCUT2D eigenvalue weighted by molar-refractivity contribution is 5.92. The number of halogens is 3. The van der Waals surface area contributed by atoms with E-state index in [0.29, 0.717) is 30.6 Å². The first kappa shape index (κ1) is 24.6. The Morgan fingerprint density at radius 2 is 1.73 bits per heavy atom. The highest BCUT2D eigenvalue weighted by Gasteiger charge is 2.33. The quantitative estimate of drug-likeness (QED) is 0.612. The molecule has 6 nitrogen and oxygen atoms in total. The fourth-order valence-electron chi connectivity index (χ4n) is 4.14. The second kappa shape index (κ2) is 10.7. The van der Waals surface area contributed by atoms with Crippen molar-refractivity contribution in [2.24, 2.45) is 5.92 Å². The lowest BCUT2D eigenvalue weighted by atomic mass is 10.0. The molecule has 1 atom stereocenters. The van der Waals surface area contributed by atoms with Crippen LogP contribution in [0.5, 0.6) is 0 Å². The molecule has 0 bridgehead atoms. The molecular weight excluding hydrogens is 435 g/mol. The third-order valence-corrected chi connectivity index (χ3v) is 6.00. The van der Waals surface area contributed by atoms with E-state index in [9.17, 15) is 27.9 Å². The van der Waals surface area contributed by atoms with Gasteiger partial charge in [0.15, 0.2) is 0 Å². The molecule has 2 aromatic rings. The normalized spacial score (nSPS) is 16.8. The summed E-state index contributed by atoms with van der Waals surface area (Å²) < 4.78 is 41.9. The summed E-state index contributed by atoms with van der Waals surface area (Å²) in [6, 6.07) is 6.46. The maximum Gasteiger partial charge on any atom is 0.322 e. The van der Waals surface area contributed by atoms with Gasteiger partial charge in [-0.2, -0.15) is 0 Å². The van der Waals surface area contributed by atoms with Gasteiger partial charge in [0.25, 0.3) is 0 Å². The van der Waals surface area contributed by atoms with Crippen LogP contribution < -0.4 is 10.2 Å². The number of amides is 1. The average Bonchev–Trinajstić information content (AvgIpc) is 2.74. The van der Waals surface area contributed by atoms with Crippen molar-refractivity contribution in [3.8, 4) is 0 Å². The Hall–Kier alpha value is -3.07. The second-order valence-electron chi connectivity index (χ2n) is 8.22. The van der Waals surface area contributed by atoms with Crippen molar-refractivity contribution in [2.75, 3.05) is 29.9 Å². The number of benzene rings is 2. The number of rotatable bonds is 8. The van der Waals surface area contributed by atoms with Crippen LogP contribution in [-0.4, -0.2) is 47.6 Å². The molecule has 2 N–H and O–H groups in total. The van der Waals surface area contributed by atoms with E-state index in [-0.39, 0.29) is 37.1 Å². The molecule has 1 aliphatic rings. The molecule has 0 spiro atoms. The van der Waals surface area contributed by atoms with E-state index in [4.69, 9.17) is 0 Å². The number of carbonyl (C=O) groups is 2. The summed E-state index contributed by atoms with van der Waals surface area (Å²) in [6.07, 6.45) is 1.37. The molecule has 0 radical (unpaired) electrons. The molecule has 1 aliphatic heterocycles. The van der Waals surface area contributed by atoms with Crippen LogP contribution in [0.3, 0.4) is 0 Å². The summed E-state index contributed by atoms with van der Waals surface area (Å²) in [5.41, 5.74) is 0.906. The minimum absolute atomic E-state index is 0.00347. The van der Waals surface area contributed by atoms with Gasteiger partial charge in [0.2, 0.25) is 5.91 Å². The minimum atomic E-state index is -1.11. The molecule has 1 heterocycles. The van der Waals surface area contributed by atoms with Gasteiger partial charge in [-0.3, -0.25) is 14.5 Å². The summed E-state index contributed by atoms with van der Waals surface area (Å²) in [7, 11) is 0. The van der Waals surface area contributed by atoms with E-state index < -0.39 is 29.5 Å². The average molecular weight is 464 g/mol. The van der Waals surface area contributed by atoms with E-state index in [2.05, 4.69) is 5.32 Å². The first-order chi connectivity index (χ1) is 15.7. The fraction of sp³-hybridized carbons (Fsp3) is 0.417. The number of hydrogen-bond donors (Lipinski definition) is 2. The van der Waals surface area contributed by atoms with E-state index in [1.54, 1.807) is 15.9 Å². The van der Waals surface area contributed by atoms with Crippen LogP contribution in [-0.2, 0) is 16.1 Å². The number of piperazine rings is 1. The molecule has 3 rings (SSSR count). The number of aliphatic carboxylic acids is 1. The Kier molecular flexibility index (Phi) is 7.97. The summed E-state index contributed by atoms with van der Waals surface area (Å²) in [5, 5.41) is 12.4. The molecule has 178 valence electrons. The highest BCUT2D eigenvalue weighted by atomic mass is 19.1. The van der Waals surface area contributed by atoms with Crippen molar-refractivity contribution in [3.63, 3.8) is 0 Å². The second-order valence-corrected chi connectivity index (χ2v) is 8.22. The van der Waals surface area contributed by atoms with E-state index in [1.165, 1.54) is 24.3 Å². The van der Waals surface area contributed by atoms with Crippen LogP contribution in [0.2, 0.25) is 0 Å². The molecule has 1 saturated heterocycles. The lowest BCUT2D eigenvalue weighted by Crippen LogP contribution is -2.56. The van der Waals surface area contributed by atoms with E-state index in [0.717, 1.165) is 6.07 Å². The molecular formula is C24H28F3N3O3. The van der Waals surface area contributed by atoms with Crippen LogP contribution in [0.15, 0.2) is 36.4 Å². The van der Waals surface area contributed by atoms with Crippen molar-refractivity contribution in [2.45, 2.75) is 39.3 Å². The molecule has 1 fully saturated rings. The van der Waals surface area contributed by atoms with E-state index >= 15 is 0 Å². The van der Waals surface area contributed by atoms with Gasteiger partial charge in [0.05, 0.1) is 5.69 Å². The molecule has 0 saturated carbocycles. The minimum Gasteiger partial charge on any atom is -0.480 e. The monoisotopic (exact) mass is 463 g/mol. The Labute approximate surface area is 191 Å². The third-order valence-electron chi connectivity index (χ3n) is 6.00. The summed E-state index contributed by atoms with van der Waals surface area (Å²) in [6.45, 7) is 4.49. The molecule has 9 heteroatoms. The number of hydrogen-bond acceptors (Lipinski definition) is 4. The molecule has 33 heavy (non-hydrogen) atoms. The molecule has 0 aliphatic carbocycles. The molecule has 0 aromatic heterocycles. The number of anilines is 2. The number of nitrogens with one attached hydrogen (secondary N) is 1. The highest BCUT2D eigenvalue weighted by Crippen LogP contribution is 2.27. The predicted molar refractivity (Wildman–Crippen MR) is 120 cm³/mol. The molecule has 1 unspecified atom stereocenters. The lowest BCUT2D eigenvalue weighted by molar-refractivity contribution is -0.143. The van der Waals surface area contributed by atoms with Crippen LogP contribution in [0.25, 0.3) is 0 Å². The zero-order valence-electron chi connectivity index (χ0n) is 18.7. The summed E-state index contributed by atoms with van der Waals surface area (Å²) in [4.78, 5) is 27.4. The van der Waals surface area contributed by atoms with Gasteiger partial charge in [-0.05, 0) is 48.7 Å². The van der Waals surface area contributed by atoms with Gasteiger partial charge in [-0.15, -0.1) is 0 Å². The Balaban J connectivity index is 1.72. The molecule has 1 amide bonds. The maximum atomic E-state index is 14.9. The van der Waals surface area contributed by atoms with E-state index in [1.807, 2.05) is 13.8 Å². The Morgan fingerprint density at radius 3 is 2.30 bits per heavy atom. The first-order valence-electron chi connectivity index (χ1n) is 11.0. The standard InChI is InChI=1S/C24H28F3N3O3/c1-3-16(4-2)23(31)28-19-5-6-21(20(27)12-19)30-8-7-29(22(14-30)24(32)33)13-15-9-17(25)11-18(26)10-15/h5-6,9-12,16,22H,3-4,7-8,13-14H2,1-2H3,(H,28,31)(H,32,33). The van der Waals surface area contributed by atoms with Crippen molar-refractivity contribution in [1.82, 2.24) is 4.90 Å². The van der Waals surface area contributed by atoms with Gasteiger partial charge in [0, 0.05) is 43.9 Å². The van der Waals surface area contributed by atoms with Gasteiger partial charge in [-0.25, -0.2) is 13.2 Å². The number of carboxylic acid groups (broad SMARTS) is 1. The molecule has 2 aromatic carbocycles. The Bertz CT molecular complexity index is 993. The Morgan fingerprint density at radius 1 is 1.06 bits per heavy atom. The lowest BCUT2D eigenvalue weighted by Gasteiger charge is -2.40. The van der Waals surface area contributed by atoms with Gasteiger partial charge in [0.1, 0.15) is 23.5 Å². The number of nitrogens with zero attached hydrogens (tertiary/aromatic N) is 2. The smallest absolute Gasteiger partial charge is 0.322 e. The van der Waals surface area contributed by atoms with Crippen molar-refractivity contribution in [1.29, 1.82) is 0 Å². The third kappa shape index (κ3) is 6.04. The first-order valence-corrected chi connectivity index (χ1v) is 11.0. The number of carbonyl (C=O) groups excluding carboxylic acids is 1. The summed E-state index contributed by atoms with van der Waals surface area (Å²) >= 11 is 0. The van der Waals surface area contributed by atoms with Crippen LogP contribution in [0.1, 0.15) is 32.3 Å².